The highest BCUT2D eigenvalue weighted by Gasteiger charge is 2.26. The normalized spacial score (nSPS) is 16.4. The van der Waals surface area contributed by atoms with Crippen molar-refractivity contribution in [2.24, 2.45) is 11.8 Å². The molecule has 0 fully saturated rings. The van der Waals surface area contributed by atoms with Gasteiger partial charge in [-0.05, 0) is 43.4 Å². The van der Waals surface area contributed by atoms with Crippen LogP contribution in [0.15, 0.2) is 34.8 Å². The summed E-state index contributed by atoms with van der Waals surface area (Å²) in [5, 5.41) is 29.5. The topological polar surface area (TPSA) is 73.8 Å². The molecule has 0 aliphatic carbocycles. The Morgan fingerprint density at radius 3 is 2.48 bits per heavy atom. The predicted molar refractivity (Wildman–Crippen MR) is 92.7 cm³/mol. The molecule has 23 heavy (non-hydrogen) atoms. The van der Waals surface area contributed by atoms with Gasteiger partial charge in [-0.25, -0.2) is 0 Å². The van der Waals surface area contributed by atoms with Crippen molar-refractivity contribution in [1.82, 2.24) is 0 Å². The first-order valence-corrected chi connectivity index (χ1v) is 8.30. The van der Waals surface area contributed by atoms with E-state index in [1.807, 2.05) is 26.0 Å². The molecule has 1 rings (SSSR count). The summed E-state index contributed by atoms with van der Waals surface area (Å²) in [6.45, 7) is 9.55. The highest BCUT2D eigenvalue weighted by Crippen LogP contribution is 2.24. The Bertz CT molecular complexity index is 501. The molecule has 130 valence electrons. The van der Waals surface area contributed by atoms with Crippen molar-refractivity contribution in [1.29, 1.82) is 0 Å². The van der Waals surface area contributed by atoms with Crippen molar-refractivity contribution >= 4 is 6.08 Å². The van der Waals surface area contributed by atoms with Gasteiger partial charge in [-0.15, -0.1) is 6.58 Å². The Hall–Kier alpha value is -1.36. The molecule has 0 saturated carbocycles. The first kappa shape index (κ1) is 19.7. The van der Waals surface area contributed by atoms with Gasteiger partial charge >= 0.3 is 0 Å². The van der Waals surface area contributed by atoms with Crippen LogP contribution < -0.4 is 0 Å². The van der Waals surface area contributed by atoms with Crippen LogP contribution in [-0.2, 0) is 6.61 Å². The molecule has 3 atom stereocenters. The summed E-state index contributed by atoms with van der Waals surface area (Å²) >= 11 is 0. The standard InChI is InChI=1S/C19H30O4/c1-5-14(11-15-8-9-16(12-20)23-15)7-10-18(21)17(6-2)19(22)13(3)4/h6,8-9,11,13,17-22H,2,5,7,10,12H2,1,3-4H3/b14-11+/t17-,18-,19-/m1/s1. The van der Waals surface area contributed by atoms with Gasteiger partial charge in [0.25, 0.3) is 0 Å². The average molecular weight is 322 g/mol. The third-order valence-electron chi connectivity index (χ3n) is 4.19. The van der Waals surface area contributed by atoms with Crippen LogP contribution in [-0.4, -0.2) is 27.5 Å². The van der Waals surface area contributed by atoms with Crippen LogP contribution in [0.2, 0.25) is 0 Å². The second-order valence-electron chi connectivity index (χ2n) is 6.27. The molecule has 0 radical (unpaired) electrons. The number of rotatable bonds is 10. The van der Waals surface area contributed by atoms with Gasteiger partial charge in [-0.1, -0.05) is 32.4 Å². The first-order chi connectivity index (χ1) is 10.9. The average Bonchev–Trinajstić information content (AvgIpc) is 2.99. The van der Waals surface area contributed by atoms with Gasteiger partial charge < -0.3 is 19.7 Å². The summed E-state index contributed by atoms with van der Waals surface area (Å²) in [5.74, 6) is 1.01. The van der Waals surface area contributed by atoms with Crippen LogP contribution in [0.3, 0.4) is 0 Å². The molecule has 0 amide bonds. The molecule has 1 aromatic heterocycles. The lowest BCUT2D eigenvalue weighted by Gasteiger charge is -2.27. The van der Waals surface area contributed by atoms with Gasteiger partial charge in [0.1, 0.15) is 18.1 Å². The van der Waals surface area contributed by atoms with Crippen molar-refractivity contribution < 1.29 is 19.7 Å². The van der Waals surface area contributed by atoms with Crippen LogP contribution in [0.4, 0.5) is 0 Å². The summed E-state index contributed by atoms with van der Waals surface area (Å²) in [5.41, 5.74) is 1.16. The number of furan rings is 1. The molecule has 0 saturated heterocycles. The van der Waals surface area contributed by atoms with Crippen molar-refractivity contribution in [3.8, 4) is 0 Å². The Kier molecular flexibility index (Phi) is 8.31. The third kappa shape index (κ3) is 5.98. The van der Waals surface area contributed by atoms with Crippen molar-refractivity contribution in [3.05, 3.63) is 41.9 Å². The molecular weight excluding hydrogens is 292 g/mol. The minimum Gasteiger partial charge on any atom is -0.459 e. The van der Waals surface area contributed by atoms with E-state index in [4.69, 9.17) is 9.52 Å². The molecule has 4 nitrogen and oxygen atoms in total. The van der Waals surface area contributed by atoms with Crippen LogP contribution in [0.25, 0.3) is 6.08 Å². The third-order valence-corrected chi connectivity index (χ3v) is 4.19. The van der Waals surface area contributed by atoms with E-state index in [2.05, 4.69) is 13.5 Å². The lowest BCUT2D eigenvalue weighted by atomic mass is 9.86. The molecule has 0 spiro atoms. The second kappa shape index (κ2) is 9.71. The molecule has 1 aromatic rings. The van der Waals surface area contributed by atoms with Crippen LogP contribution in [0, 0.1) is 11.8 Å². The second-order valence-corrected chi connectivity index (χ2v) is 6.27. The summed E-state index contributed by atoms with van der Waals surface area (Å²) in [6.07, 6.45) is 4.53. The molecule has 0 aliphatic rings. The van der Waals surface area contributed by atoms with Gasteiger partial charge in [0.15, 0.2) is 0 Å². The van der Waals surface area contributed by atoms with Crippen LogP contribution in [0.5, 0.6) is 0 Å². The van der Waals surface area contributed by atoms with E-state index in [0.29, 0.717) is 17.9 Å². The van der Waals surface area contributed by atoms with Gasteiger partial charge in [0.05, 0.1) is 12.2 Å². The van der Waals surface area contributed by atoms with E-state index < -0.39 is 12.2 Å². The summed E-state index contributed by atoms with van der Waals surface area (Å²) in [6, 6.07) is 3.58. The molecule has 0 aromatic carbocycles. The van der Waals surface area contributed by atoms with Gasteiger partial charge in [-0.2, -0.15) is 0 Å². The number of allylic oxidation sites excluding steroid dienone is 1. The smallest absolute Gasteiger partial charge is 0.130 e. The molecule has 0 aliphatic heterocycles. The molecule has 3 N–H and O–H groups in total. The van der Waals surface area contributed by atoms with Crippen molar-refractivity contribution in [2.45, 2.75) is 58.8 Å². The monoisotopic (exact) mass is 322 g/mol. The Labute approximate surface area is 139 Å². The van der Waals surface area contributed by atoms with Gasteiger partial charge in [0, 0.05) is 5.92 Å². The zero-order chi connectivity index (χ0) is 17.4. The fourth-order valence-electron chi connectivity index (χ4n) is 2.60. The number of hydrogen-bond acceptors (Lipinski definition) is 4. The fourth-order valence-corrected chi connectivity index (χ4v) is 2.60. The lowest BCUT2D eigenvalue weighted by Crippen LogP contribution is -2.33. The molecule has 4 heteroatoms. The van der Waals surface area contributed by atoms with Gasteiger partial charge in [-0.3, -0.25) is 0 Å². The van der Waals surface area contributed by atoms with Crippen LogP contribution in [0.1, 0.15) is 51.6 Å². The fraction of sp³-hybridized carbons (Fsp3) is 0.579. The van der Waals surface area contributed by atoms with E-state index in [0.717, 1.165) is 18.4 Å². The van der Waals surface area contributed by atoms with E-state index in [1.165, 1.54) is 0 Å². The molecular formula is C19H30O4. The van der Waals surface area contributed by atoms with E-state index in [1.54, 1.807) is 12.1 Å². The number of aliphatic hydroxyl groups excluding tert-OH is 3. The van der Waals surface area contributed by atoms with Gasteiger partial charge in [0.2, 0.25) is 0 Å². The minimum absolute atomic E-state index is 0.0776. The summed E-state index contributed by atoms with van der Waals surface area (Å²) < 4.78 is 5.47. The van der Waals surface area contributed by atoms with Crippen molar-refractivity contribution in [3.63, 3.8) is 0 Å². The zero-order valence-electron chi connectivity index (χ0n) is 14.4. The Morgan fingerprint density at radius 1 is 1.30 bits per heavy atom. The van der Waals surface area contributed by atoms with E-state index >= 15 is 0 Å². The molecule has 0 unspecified atom stereocenters. The maximum atomic E-state index is 10.4. The predicted octanol–water partition coefficient (Wildman–Crippen LogP) is 3.53. The summed E-state index contributed by atoms with van der Waals surface area (Å²) in [4.78, 5) is 0. The highest BCUT2D eigenvalue weighted by molar-refractivity contribution is 5.47. The lowest BCUT2D eigenvalue weighted by molar-refractivity contribution is 0.00884. The first-order valence-electron chi connectivity index (χ1n) is 8.30. The Morgan fingerprint density at radius 2 is 2.00 bits per heavy atom. The van der Waals surface area contributed by atoms with E-state index in [-0.39, 0.29) is 18.4 Å². The maximum absolute atomic E-state index is 10.4. The van der Waals surface area contributed by atoms with Crippen molar-refractivity contribution in [2.75, 3.05) is 0 Å². The number of aliphatic hydroxyl groups is 3. The van der Waals surface area contributed by atoms with Crippen LogP contribution >= 0.6 is 0 Å². The quantitative estimate of drug-likeness (QED) is 0.576. The number of hydrogen-bond donors (Lipinski definition) is 3. The Balaban J connectivity index is 2.67. The zero-order valence-corrected chi connectivity index (χ0v) is 14.4. The maximum Gasteiger partial charge on any atom is 0.130 e. The molecule has 1 heterocycles. The van der Waals surface area contributed by atoms with E-state index in [9.17, 15) is 10.2 Å². The largest absolute Gasteiger partial charge is 0.459 e. The SMILES string of the molecule is C=C[C@H]([C@H](O)CC/C(=C/c1ccc(CO)o1)CC)[C@H](O)C(C)C. The highest BCUT2D eigenvalue weighted by atomic mass is 16.4. The molecule has 0 bridgehead atoms. The minimum atomic E-state index is -0.621. The summed E-state index contributed by atoms with van der Waals surface area (Å²) in [7, 11) is 0.